The molecule has 0 atom stereocenters. The third-order valence-corrected chi connectivity index (χ3v) is 2.96. The minimum absolute atomic E-state index is 0.265. The number of esters is 1. The predicted molar refractivity (Wildman–Crippen MR) is 76.2 cm³/mol. The Kier molecular flexibility index (Phi) is 6.30. The molecule has 0 unspecified atom stereocenters. The van der Waals surface area contributed by atoms with Crippen LogP contribution in [-0.4, -0.2) is 39.2 Å². The van der Waals surface area contributed by atoms with Crippen LogP contribution in [0.4, 0.5) is 0 Å². The van der Waals surface area contributed by atoms with Crippen LogP contribution in [0.2, 0.25) is 0 Å². The molecule has 0 aliphatic heterocycles. The number of methoxy groups -OCH3 is 1. The van der Waals surface area contributed by atoms with Crippen LogP contribution in [-0.2, 0) is 9.53 Å². The van der Waals surface area contributed by atoms with Gasteiger partial charge in [-0.3, -0.25) is 4.79 Å². The SMILES string of the molecule is CCOc1c(Br)cc(C(=O)OCC(=O)NC)cc1OC. The van der Waals surface area contributed by atoms with E-state index >= 15 is 0 Å². The van der Waals surface area contributed by atoms with Crippen molar-refractivity contribution in [2.75, 3.05) is 27.4 Å². The molecular weight excluding hydrogens is 330 g/mol. The summed E-state index contributed by atoms with van der Waals surface area (Å²) in [6.45, 7) is 1.98. The van der Waals surface area contributed by atoms with Crippen LogP contribution in [0.5, 0.6) is 11.5 Å². The van der Waals surface area contributed by atoms with E-state index in [9.17, 15) is 9.59 Å². The fourth-order valence-electron chi connectivity index (χ4n) is 1.41. The second-order valence-electron chi connectivity index (χ2n) is 3.67. The van der Waals surface area contributed by atoms with Crippen molar-refractivity contribution in [1.82, 2.24) is 5.32 Å². The van der Waals surface area contributed by atoms with Crippen molar-refractivity contribution in [3.05, 3.63) is 22.2 Å². The molecule has 1 N–H and O–H groups in total. The zero-order valence-electron chi connectivity index (χ0n) is 11.5. The maximum absolute atomic E-state index is 11.8. The first-order chi connectivity index (χ1) is 9.53. The third-order valence-electron chi connectivity index (χ3n) is 2.37. The van der Waals surface area contributed by atoms with E-state index < -0.39 is 5.97 Å². The van der Waals surface area contributed by atoms with E-state index in [4.69, 9.17) is 14.2 Å². The molecule has 1 aromatic carbocycles. The normalized spacial score (nSPS) is 9.80. The molecule has 0 aromatic heterocycles. The van der Waals surface area contributed by atoms with Crippen LogP contribution in [0.25, 0.3) is 0 Å². The number of carbonyl (C=O) groups is 2. The molecule has 0 heterocycles. The minimum Gasteiger partial charge on any atom is -0.493 e. The maximum Gasteiger partial charge on any atom is 0.338 e. The Bertz CT molecular complexity index is 504. The number of hydrogen-bond acceptors (Lipinski definition) is 5. The molecule has 0 aliphatic rings. The quantitative estimate of drug-likeness (QED) is 0.795. The summed E-state index contributed by atoms with van der Waals surface area (Å²) in [4.78, 5) is 22.9. The molecule has 7 heteroatoms. The lowest BCUT2D eigenvalue weighted by Gasteiger charge is -2.13. The minimum atomic E-state index is -0.615. The van der Waals surface area contributed by atoms with Crippen LogP contribution < -0.4 is 14.8 Å². The molecule has 1 amide bonds. The molecule has 0 bridgehead atoms. The Labute approximate surface area is 125 Å². The number of ether oxygens (including phenoxy) is 3. The molecule has 1 rings (SSSR count). The molecule has 6 nitrogen and oxygen atoms in total. The average molecular weight is 346 g/mol. The van der Waals surface area contributed by atoms with E-state index in [-0.39, 0.29) is 18.1 Å². The molecule has 110 valence electrons. The molecule has 0 fully saturated rings. The lowest BCUT2D eigenvalue weighted by Crippen LogP contribution is -2.25. The van der Waals surface area contributed by atoms with Gasteiger partial charge in [0.1, 0.15) is 0 Å². The fraction of sp³-hybridized carbons (Fsp3) is 0.385. The van der Waals surface area contributed by atoms with Crippen LogP contribution in [0.3, 0.4) is 0 Å². The molecule has 0 spiro atoms. The van der Waals surface area contributed by atoms with E-state index in [0.29, 0.717) is 22.6 Å². The van der Waals surface area contributed by atoms with Crippen LogP contribution in [0.15, 0.2) is 16.6 Å². The van der Waals surface area contributed by atoms with Crippen LogP contribution in [0.1, 0.15) is 17.3 Å². The number of nitrogens with one attached hydrogen (secondary N) is 1. The first kappa shape index (κ1) is 16.3. The highest BCUT2D eigenvalue weighted by Gasteiger charge is 2.17. The van der Waals surface area contributed by atoms with Gasteiger partial charge in [0.05, 0.1) is 23.8 Å². The molecule has 0 saturated heterocycles. The van der Waals surface area contributed by atoms with Gasteiger partial charge in [0, 0.05) is 7.05 Å². The molecular formula is C13H16BrNO5. The van der Waals surface area contributed by atoms with Crippen molar-refractivity contribution in [3.63, 3.8) is 0 Å². The highest BCUT2D eigenvalue weighted by molar-refractivity contribution is 9.10. The molecule has 0 saturated carbocycles. The van der Waals surface area contributed by atoms with E-state index in [2.05, 4.69) is 21.2 Å². The van der Waals surface area contributed by atoms with E-state index in [1.807, 2.05) is 6.92 Å². The maximum atomic E-state index is 11.8. The topological polar surface area (TPSA) is 73.9 Å². The summed E-state index contributed by atoms with van der Waals surface area (Å²) in [5, 5.41) is 2.36. The Morgan fingerprint density at radius 1 is 1.35 bits per heavy atom. The smallest absolute Gasteiger partial charge is 0.338 e. The summed E-state index contributed by atoms with van der Waals surface area (Å²) in [6, 6.07) is 3.06. The van der Waals surface area contributed by atoms with Gasteiger partial charge in [-0.2, -0.15) is 0 Å². The van der Waals surface area contributed by atoms with Gasteiger partial charge >= 0.3 is 5.97 Å². The highest BCUT2D eigenvalue weighted by atomic mass is 79.9. The van der Waals surface area contributed by atoms with Crippen molar-refractivity contribution in [2.45, 2.75) is 6.92 Å². The first-order valence-electron chi connectivity index (χ1n) is 5.91. The summed E-state index contributed by atoms with van der Waals surface area (Å²) in [5.74, 6) is -0.0723. The molecule has 20 heavy (non-hydrogen) atoms. The highest BCUT2D eigenvalue weighted by Crippen LogP contribution is 2.36. The Balaban J connectivity index is 2.93. The Hall–Kier alpha value is -1.76. The summed E-state index contributed by atoms with van der Waals surface area (Å²) in [6.07, 6.45) is 0. The Morgan fingerprint density at radius 3 is 2.60 bits per heavy atom. The summed E-state index contributed by atoms with van der Waals surface area (Å²) in [5.41, 5.74) is 0.265. The Morgan fingerprint density at radius 2 is 2.05 bits per heavy atom. The standard InChI is InChI=1S/C13H16BrNO5/c1-4-19-12-9(14)5-8(6-10(12)18-3)13(17)20-7-11(16)15-2/h5-6H,4,7H2,1-3H3,(H,15,16). The van der Waals surface area contributed by atoms with Crippen molar-refractivity contribution < 1.29 is 23.8 Å². The average Bonchev–Trinajstić information content (AvgIpc) is 2.46. The molecule has 1 aromatic rings. The lowest BCUT2D eigenvalue weighted by atomic mass is 10.2. The van der Waals surface area contributed by atoms with Crippen molar-refractivity contribution >= 4 is 27.8 Å². The van der Waals surface area contributed by atoms with Crippen LogP contribution >= 0.6 is 15.9 Å². The largest absolute Gasteiger partial charge is 0.493 e. The number of amides is 1. The number of benzene rings is 1. The van der Waals surface area contributed by atoms with Gasteiger partial charge in [0.25, 0.3) is 5.91 Å². The second-order valence-corrected chi connectivity index (χ2v) is 4.53. The summed E-state index contributed by atoms with van der Waals surface area (Å²) in [7, 11) is 2.94. The second kappa shape index (κ2) is 7.74. The van der Waals surface area contributed by atoms with Gasteiger partial charge in [-0.25, -0.2) is 4.79 Å². The third kappa shape index (κ3) is 4.12. The van der Waals surface area contributed by atoms with Crippen molar-refractivity contribution in [1.29, 1.82) is 0 Å². The van der Waals surface area contributed by atoms with Crippen LogP contribution in [0, 0.1) is 0 Å². The molecule has 0 radical (unpaired) electrons. The zero-order chi connectivity index (χ0) is 15.1. The predicted octanol–water partition coefficient (Wildman–Crippen LogP) is 1.76. The van der Waals surface area contributed by atoms with Gasteiger partial charge in [0.15, 0.2) is 18.1 Å². The number of likely N-dealkylation sites (N-methyl/N-ethyl adjacent to an activating group) is 1. The summed E-state index contributed by atoms with van der Waals surface area (Å²) < 4.78 is 16.0. The van der Waals surface area contributed by atoms with Gasteiger partial charge in [0.2, 0.25) is 0 Å². The monoisotopic (exact) mass is 345 g/mol. The number of halogens is 1. The number of carbonyl (C=O) groups excluding carboxylic acids is 2. The zero-order valence-corrected chi connectivity index (χ0v) is 13.1. The van der Waals surface area contributed by atoms with E-state index in [1.54, 1.807) is 6.07 Å². The van der Waals surface area contributed by atoms with Gasteiger partial charge in [-0.15, -0.1) is 0 Å². The van der Waals surface area contributed by atoms with Crippen molar-refractivity contribution in [3.8, 4) is 11.5 Å². The number of hydrogen-bond donors (Lipinski definition) is 1. The van der Waals surface area contributed by atoms with Gasteiger partial charge < -0.3 is 19.5 Å². The van der Waals surface area contributed by atoms with Gasteiger partial charge in [-0.1, -0.05) is 0 Å². The van der Waals surface area contributed by atoms with Crippen molar-refractivity contribution in [2.24, 2.45) is 0 Å². The number of rotatable bonds is 6. The van der Waals surface area contributed by atoms with E-state index in [0.717, 1.165) is 0 Å². The van der Waals surface area contributed by atoms with E-state index in [1.165, 1.54) is 20.2 Å². The molecule has 0 aliphatic carbocycles. The lowest BCUT2D eigenvalue weighted by molar-refractivity contribution is -0.123. The fourth-order valence-corrected chi connectivity index (χ4v) is 1.97. The van der Waals surface area contributed by atoms with Gasteiger partial charge in [-0.05, 0) is 35.0 Å². The first-order valence-corrected chi connectivity index (χ1v) is 6.70. The summed E-state index contributed by atoms with van der Waals surface area (Å²) >= 11 is 3.31.